The van der Waals surface area contributed by atoms with Crippen LogP contribution in [0.1, 0.15) is 33.6 Å². The van der Waals surface area contributed by atoms with Crippen molar-refractivity contribution in [2.75, 3.05) is 6.61 Å². The van der Waals surface area contributed by atoms with E-state index in [1.54, 1.807) is 13.8 Å². The smallest absolute Gasteiger partial charge is 0.308 e. The summed E-state index contributed by atoms with van der Waals surface area (Å²) in [5.41, 5.74) is -1.78. The predicted molar refractivity (Wildman–Crippen MR) is 81.4 cm³/mol. The third-order valence-corrected chi connectivity index (χ3v) is 3.54. The van der Waals surface area contributed by atoms with E-state index in [0.29, 0.717) is 0 Å². The second-order valence-corrected chi connectivity index (χ2v) is 6.63. The topological polar surface area (TPSA) is 163 Å². The number of rotatable bonds is 8. The zero-order chi connectivity index (χ0) is 19.4. The van der Waals surface area contributed by atoms with Gasteiger partial charge >= 0.3 is 11.9 Å². The SMILES string of the molecule is CC(C)O[C@@H]1O[C@H](COC(=O)C[C@@](C)(O)CC(=O)O)[C@@H](O)[C@H](O)[C@H]1O. The highest BCUT2D eigenvalue weighted by molar-refractivity contribution is 5.73. The molecule has 0 aliphatic carbocycles. The highest BCUT2D eigenvalue weighted by Gasteiger charge is 2.45. The Labute approximate surface area is 144 Å². The summed E-state index contributed by atoms with van der Waals surface area (Å²) >= 11 is 0. The highest BCUT2D eigenvalue weighted by Crippen LogP contribution is 2.24. The van der Waals surface area contributed by atoms with Crippen molar-refractivity contribution in [1.29, 1.82) is 0 Å². The molecule has 1 saturated heterocycles. The number of carbonyl (C=O) groups excluding carboxylic acids is 1. The summed E-state index contributed by atoms with van der Waals surface area (Å²) in [6.45, 7) is 4.09. The Morgan fingerprint density at radius 2 is 1.72 bits per heavy atom. The number of ether oxygens (including phenoxy) is 3. The van der Waals surface area contributed by atoms with Gasteiger partial charge in [0, 0.05) is 0 Å². The van der Waals surface area contributed by atoms with E-state index in [2.05, 4.69) is 0 Å². The van der Waals surface area contributed by atoms with Gasteiger partial charge in [-0.3, -0.25) is 9.59 Å². The van der Waals surface area contributed by atoms with E-state index in [-0.39, 0.29) is 6.10 Å². The van der Waals surface area contributed by atoms with E-state index in [4.69, 9.17) is 19.3 Å². The van der Waals surface area contributed by atoms with Crippen molar-refractivity contribution >= 4 is 11.9 Å². The third-order valence-electron chi connectivity index (χ3n) is 3.54. The number of aliphatic hydroxyl groups is 4. The molecule has 1 aliphatic rings. The van der Waals surface area contributed by atoms with Crippen LogP contribution in [0.25, 0.3) is 0 Å². The molecule has 1 fully saturated rings. The summed E-state index contributed by atoms with van der Waals surface area (Å²) in [5, 5.41) is 48.1. The number of aliphatic carboxylic acids is 1. The summed E-state index contributed by atoms with van der Waals surface area (Å²) in [6.07, 6.45) is -8.45. The third kappa shape index (κ3) is 6.84. The molecule has 5 N–H and O–H groups in total. The van der Waals surface area contributed by atoms with Gasteiger partial charge in [-0.15, -0.1) is 0 Å². The second-order valence-electron chi connectivity index (χ2n) is 6.63. The molecule has 10 nitrogen and oxygen atoms in total. The molecule has 0 unspecified atom stereocenters. The van der Waals surface area contributed by atoms with E-state index in [1.807, 2.05) is 0 Å². The summed E-state index contributed by atoms with van der Waals surface area (Å²) in [5.74, 6) is -2.17. The average molecular weight is 366 g/mol. The highest BCUT2D eigenvalue weighted by atomic mass is 16.7. The van der Waals surface area contributed by atoms with Crippen LogP contribution in [-0.2, 0) is 23.8 Å². The Morgan fingerprint density at radius 1 is 1.12 bits per heavy atom. The largest absolute Gasteiger partial charge is 0.481 e. The molecule has 0 saturated carbocycles. The maximum Gasteiger partial charge on any atom is 0.308 e. The number of carbonyl (C=O) groups is 2. The fourth-order valence-corrected chi connectivity index (χ4v) is 2.36. The van der Waals surface area contributed by atoms with Gasteiger partial charge in [0.15, 0.2) is 6.29 Å². The molecule has 0 aromatic rings. The quantitative estimate of drug-likeness (QED) is 0.315. The Kier molecular flexibility index (Phi) is 7.72. The molecule has 25 heavy (non-hydrogen) atoms. The minimum absolute atomic E-state index is 0.323. The lowest BCUT2D eigenvalue weighted by Crippen LogP contribution is -2.59. The maximum atomic E-state index is 11.7. The van der Waals surface area contributed by atoms with Gasteiger partial charge in [-0.2, -0.15) is 0 Å². The van der Waals surface area contributed by atoms with Crippen LogP contribution in [0.3, 0.4) is 0 Å². The van der Waals surface area contributed by atoms with Gasteiger partial charge in [-0.05, 0) is 20.8 Å². The fraction of sp³-hybridized carbons (Fsp3) is 0.867. The first-order valence-corrected chi connectivity index (χ1v) is 7.88. The lowest BCUT2D eigenvalue weighted by Gasteiger charge is -2.40. The molecule has 0 bridgehead atoms. The first-order valence-electron chi connectivity index (χ1n) is 7.88. The van der Waals surface area contributed by atoms with Gasteiger partial charge in [0.05, 0.1) is 24.5 Å². The van der Waals surface area contributed by atoms with Crippen LogP contribution in [0.15, 0.2) is 0 Å². The number of hydrogen-bond donors (Lipinski definition) is 5. The molecule has 0 spiro atoms. The molecular weight excluding hydrogens is 340 g/mol. The van der Waals surface area contributed by atoms with Crippen LogP contribution in [0.5, 0.6) is 0 Å². The normalized spacial score (nSPS) is 32.2. The lowest BCUT2D eigenvalue weighted by molar-refractivity contribution is -0.309. The zero-order valence-electron chi connectivity index (χ0n) is 14.4. The molecule has 1 aliphatic heterocycles. The van der Waals surface area contributed by atoms with Gasteiger partial charge < -0.3 is 39.7 Å². The molecule has 0 aromatic heterocycles. The number of aliphatic hydroxyl groups excluding tert-OH is 3. The van der Waals surface area contributed by atoms with Crippen molar-refractivity contribution in [2.24, 2.45) is 0 Å². The van der Waals surface area contributed by atoms with Crippen molar-refractivity contribution in [1.82, 2.24) is 0 Å². The number of hydrogen-bond acceptors (Lipinski definition) is 9. The van der Waals surface area contributed by atoms with Crippen molar-refractivity contribution in [2.45, 2.75) is 76.0 Å². The molecule has 0 radical (unpaired) electrons. The molecule has 0 aromatic carbocycles. The van der Waals surface area contributed by atoms with Crippen LogP contribution in [-0.4, -0.2) is 86.5 Å². The van der Waals surface area contributed by atoms with Crippen molar-refractivity contribution in [3.63, 3.8) is 0 Å². The summed E-state index contributed by atoms with van der Waals surface area (Å²) in [4.78, 5) is 22.3. The molecule has 146 valence electrons. The first-order chi connectivity index (χ1) is 11.4. The maximum absolute atomic E-state index is 11.7. The van der Waals surface area contributed by atoms with E-state index in [1.165, 1.54) is 6.92 Å². The zero-order valence-corrected chi connectivity index (χ0v) is 14.4. The molecule has 10 heteroatoms. The summed E-state index contributed by atoms with van der Waals surface area (Å²) in [7, 11) is 0. The molecule has 0 amide bonds. The van der Waals surface area contributed by atoms with Gasteiger partial charge in [0.1, 0.15) is 31.0 Å². The van der Waals surface area contributed by atoms with Gasteiger partial charge in [-0.25, -0.2) is 0 Å². The van der Waals surface area contributed by atoms with Gasteiger partial charge in [0.2, 0.25) is 0 Å². The van der Waals surface area contributed by atoms with Gasteiger partial charge in [-0.1, -0.05) is 0 Å². The monoisotopic (exact) mass is 366 g/mol. The van der Waals surface area contributed by atoms with E-state index in [9.17, 15) is 30.0 Å². The average Bonchev–Trinajstić information content (AvgIpc) is 2.44. The van der Waals surface area contributed by atoms with E-state index in [0.717, 1.165) is 0 Å². The Balaban J connectivity index is 2.59. The van der Waals surface area contributed by atoms with Crippen molar-refractivity contribution in [3.8, 4) is 0 Å². The molecule has 1 rings (SSSR count). The first kappa shape index (κ1) is 21.7. The lowest BCUT2D eigenvalue weighted by atomic mass is 9.98. The van der Waals surface area contributed by atoms with Crippen LogP contribution >= 0.6 is 0 Å². The predicted octanol–water partition coefficient (Wildman–Crippen LogP) is -1.62. The Hall–Kier alpha value is -1.30. The van der Waals surface area contributed by atoms with Crippen LogP contribution in [0, 0.1) is 0 Å². The summed E-state index contributed by atoms with van der Waals surface area (Å²) in [6, 6.07) is 0. The van der Waals surface area contributed by atoms with E-state index >= 15 is 0 Å². The van der Waals surface area contributed by atoms with Crippen LogP contribution in [0.4, 0.5) is 0 Å². The minimum Gasteiger partial charge on any atom is -0.481 e. The second kappa shape index (κ2) is 8.88. The standard InChI is InChI=1S/C15H26O10/c1-7(2)24-14-13(21)12(20)11(19)8(25-14)6-23-10(18)5-15(3,22)4-9(16)17/h7-8,11-14,19-22H,4-6H2,1-3H3,(H,16,17)/t8-,11-,12+,13-,14-,15+/m1/s1. The number of carboxylic acid groups (broad SMARTS) is 1. The molecular formula is C15H26O10. The number of carboxylic acids is 1. The van der Waals surface area contributed by atoms with Crippen molar-refractivity contribution in [3.05, 3.63) is 0 Å². The molecule has 6 atom stereocenters. The van der Waals surface area contributed by atoms with E-state index < -0.39 is 67.7 Å². The van der Waals surface area contributed by atoms with Crippen LogP contribution in [0.2, 0.25) is 0 Å². The molecule has 1 heterocycles. The Morgan fingerprint density at radius 3 is 2.24 bits per heavy atom. The minimum atomic E-state index is -1.78. The Bertz CT molecular complexity index is 463. The van der Waals surface area contributed by atoms with Crippen molar-refractivity contribution < 1.29 is 49.3 Å². The fourth-order valence-electron chi connectivity index (χ4n) is 2.36. The summed E-state index contributed by atoms with van der Waals surface area (Å²) < 4.78 is 15.5. The van der Waals surface area contributed by atoms with Gasteiger partial charge in [0.25, 0.3) is 0 Å². The van der Waals surface area contributed by atoms with Crippen LogP contribution < -0.4 is 0 Å². The number of esters is 1.